The number of anilines is 2. The summed E-state index contributed by atoms with van der Waals surface area (Å²) in [6.45, 7) is 1.78. The second kappa shape index (κ2) is 10.9. The number of carbonyl (C=O) groups excluding carboxylic acids is 2. The monoisotopic (exact) mass is 632 g/mol. The predicted octanol–water partition coefficient (Wildman–Crippen LogP) is 5.52. The van der Waals surface area contributed by atoms with Gasteiger partial charge in [-0.05, 0) is 53.9 Å². The highest BCUT2D eigenvalue weighted by atomic mass is 79.9. The van der Waals surface area contributed by atoms with Crippen LogP contribution in [0.5, 0.6) is 0 Å². The van der Waals surface area contributed by atoms with Crippen molar-refractivity contribution in [3.05, 3.63) is 74.6 Å². The summed E-state index contributed by atoms with van der Waals surface area (Å²) < 4.78 is 33.7. The maximum Gasteiger partial charge on any atom is 0.234 e. The first-order chi connectivity index (χ1) is 18.7. The van der Waals surface area contributed by atoms with Crippen LogP contribution in [0.3, 0.4) is 0 Å². The molecule has 9 nitrogen and oxygen atoms in total. The minimum absolute atomic E-state index is 0.0753. The summed E-state index contributed by atoms with van der Waals surface area (Å²) in [5.41, 5.74) is 7.61. The van der Waals surface area contributed by atoms with E-state index in [-0.39, 0.29) is 33.1 Å². The Hall–Kier alpha value is -3.54. The minimum atomic E-state index is -0.909. The zero-order valence-corrected chi connectivity index (χ0v) is 23.5. The van der Waals surface area contributed by atoms with E-state index in [0.29, 0.717) is 57.6 Å². The lowest BCUT2D eigenvalue weighted by atomic mass is 9.78. The van der Waals surface area contributed by atoms with Gasteiger partial charge in [-0.1, -0.05) is 23.1 Å². The number of nitrogens with two attached hydrogens (primary N) is 1. The molecule has 0 saturated heterocycles. The summed E-state index contributed by atoms with van der Waals surface area (Å²) in [6, 6.07) is 7.39. The van der Waals surface area contributed by atoms with E-state index >= 15 is 0 Å². The predicted molar refractivity (Wildman–Crippen MR) is 145 cm³/mol. The highest BCUT2D eigenvalue weighted by Gasteiger charge is 2.42. The number of hydrogen-bond acceptors (Lipinski definition) is 10. The van der Waals surface area contributed by atoms with E-state index < -0.39 is 23.5 Å². The molecule has 1 aliphatic heterocycles. The normalized spacial score (nSPS) is 17.4. The summed E-state index contributed by atoms with van der Waals surface area (Å²) >= 11 is 5.23. The number of aromatic nitrogens is 2. The number of nitriles is 1. The number of rotatable bonds is 6. The lowest BCUT2D eigenvalue weighted by Gasteiger charge is -2.37. The molecule has 0 fully saturated rings. The quantitative estimate of drug-likeness (QED) is 0.336. The fourth-order valence-electron chi connectivity index (χ4n) is 4.51. The van der Waals surface area contributed by atoms with E-state index in [1.165, 1.54) is 0 Å². The Labute approximate surface area is 237 Å². The van der Waals surface area contributed by atoms with Gasteiger partial charge in [0.1, 0.15) is 23.2 Å². The average molecular weight is 633 g/mol. The number of allylic oxidation sites excluding steroid dienone is 3. The minimum Gasteiger partial charge on any atom is -0.465 e. The number of hydrogen-bond donors (Lipinski definition) is 2. The molecular formula is C25H19BrF2N6O3S2. The first-order valence-electron chi connectivity index (χ1n) is 11.6. The number of amides is 1. The number of carbonyl (C=O) groups is 2. The highest BCUT2D eigenvalue weighted by molar-refractivity contribution is 9.10. The molecule has 14 heteroatoms. The van der Waals surface area contributed by atoms with E-state index in [0.717, 1.165) is 29.2 Å². The molecule has 3 heterocycles. The fraction of sp³-hybridized carbons (Fsp3) is 0.240. The molecule has 39 heavy (non-hydrogen) atoms. The number of ketones is 1. The molecule has 0 radical (unpaired) electrons. The first-order valence-corrected chi connectivity index (χ1v) is 14.2. The molecule has 200 valence electrons. The van der Waals surface area contributed by atoms with E-state index in [4.69, 9.17) is 10.2 Å². The number of thioether (sulfide) groups is 1. The van der Waals surface area contributed by atoms with Crippen LogP contribution >= 0.6 is 39.0 Å². The Kier molecular flexibility index (Phi) is 7.57. The molecule has 2 aliphatic rings. The molecule has 0 bridgehead atoms. The Morgan fingerprint density at radius 1 is 1.36 bits per heavy atom. The van der Waals surface area contributed by atoms with Crippen molar-refractivity contribution < 1.29 is 22.8 Å². The van der Waals surface area contributed by atoms with Crippen LogP contribution in [-0.2, 0) is 9.59 Å². The van der Waals surface area contributed by atoms with Crippen LogP contribution in [0.2, 0.25) is 0 Å². The van der Waals surface area contributed by atoms with Crippen molar-refractivity contribution in [1.82, 2.24) is 10.2 Å². The zero-order valence-electron chi connectivity index (χ0n) is 20.3. The molecule has 5 rings (SSSR count). The van der Waals surface area contributed by atoms with Crippen molar-refractivity contribution in [3.63, 3.8) is 0 Å². The Bertz CT molecular complexity index is 1590. The van der Waals surface area contributed by atoms with Gasteiger partial charge in [0.2, 0.25) is 11.0 Å². The zero-order chi connectivity index (χ0) is 27.8. The first kappa shape index (κ1) is 27.0. The van der Waals surface area contributed by atoms with Gasteiger partial charge >= 0.3 is 0 Å². The van der Waals surface area contributed by atoms with Gasteiger partial charge in [0, 0.05) is 28.2 Å². The van der Waals surface area contributed by atoms with Gasteiger partial charge in [-0.25, -0.2) is 8.78 Å². The molecule has 2 aromatic heterocycles. The molecule has 1 aliphatic carbocycles. The van der Waals surface area contributed by atoms with Crippen molar-refractivity contribution >= 4 is 61.5 Å². The molecule has 1 unspecified atom stereocenters. The maximum absolute atomic E-state index is 14.1. The maximum atomic E-state index is 14.1. The smallest absolute Gasteiger partial charge is 0.234 e. The molecule has 0 saturated carbocycles. The molecule has 3 aromatic rings. The summed E-state index contributed by atoms with van der Waals surface area (Å²) in [5, 5.41) is 21.1. The van der Waals surface area contributed by atoms with Gasteiger partial charge in [-0.3, -0.25) is 14.5 Å². The third-order valence-corrected chi connectivity index (χ3v) is 8.81. The second-order valence-electron chi connectivity index (χ2n) is 8.70. The van der Waals surface area contributed by atoms with Crippen molar-refractivity contribution in [3.8, 4) is 6.07 Å². The lowest BCUT2D eigenvalue weighted by molar-refractivity contribution is -0.116. The molecular weight excluding hydrogens is 614 g/mol. The van der Waals surface area contributed by atoms with Crippen LogP contribution in [-0.4, -0.2) is 27.6 Å². The fourth-order valence-corrected chi connectivity index (χ4v) is 6.70. The number of benzene rings is 1. The molecule has 1 aromatic carbocycles. The largest absolute Gasteiger partial charge is 0.465 e. The Morgan fingerprint density at radius 2 is 2.15 bits per heavy atom. The Morgan fingerprint density at radius 3 is 2.85 bits per heavy atom. The van der Waals surface area contributed by atoms with Crippen LogP contribution in [0.1, 0.15) is 36.7 Å². The number of Topliss-reactive ketones (excluding diaryl/α,β-unsaturated/α-hetero) is 1. The number of nitrogens with zero attached hydrogens (tertiary/aromatic N) is 4. The molecule has 1 atom stereocenters. The van der Waals surface area contributed by atoms with E-state index in [2.05, 4.69) is 37.5 Å². The second-order valence-corrected chi connectivity index (χ2v) is 11.7. The summed E-state index contributed by atoms with van der Waals surface area (Å²) in [4.78, 5) is 27.1. The number of furan rings is 1. The van der Waals surface area contributed by atoms with Crippen LogP contribution < -0.4 is 16.0 Å². The summed E-state index contributed by atoms with van der Waals surface area (Å²) in [6.07, 6.45) is 1.50. The lowest BCUT2D eigenvalue weighted by Crippen LogP contribution is -2.38. The van der Waals surface area contributed by atoms with Crippen molar-refractivity contribution in [2.45, 2.75) is 36.4 Å². The van der Waals surface area contributed by atoms with Crippen LogP contribution in [0.15, 0.2) is 60.2 Å². The SMILES string of the molecule is Cc1ccc(C2C(C#N)=C(N)N(c3nnc(SCC(=O)Nc4c(F)cc(F)cc4Br)s3)C3=C2C(=O)CCC3)o1. The van der Waals surface area contributed by atoms with Crippen molar-refractivity contribution in [1.29, 1.82) is 5.26 Å². The van der Waals surface area contributed by atoms with Crippen LogP contribution in [0.25, 0.3) is 0 Å². The van der Waals surface area contributed by atoms with E-state index in [1.54, 1.807) is 24.0 Å². The van der Waals surface area contributed by atoms with Crippen LogP contribution in [0, 0.1) is 29.9 Å². The van der Waals surface area contributed by atoms with Gasteiger partial charge in [0.25, 0.3) is 0 Å². The third-order valence-electron chi connectivity index (χ3n) is 6.14. The summed E-state index contributed by atoms with van der Waals surface area (Å²) in [5.74, 6) is -1.89. The van der Waals surface area contributed by atoms with Gasteiger partial charge in [0.05, 0.1) is 29.0 Å². The van der Waals surface area contributed by atoms with Crippen LogP contribution in [0.4, 0.5) is 19.6 Å². The van der Waals surface area contributed by atoms with E-state index in [9.17, 15) is 23.6 Å². The molecule has 1 amide bonds. The highest BCUT2D eigenvalue weighted by Crippen LogP contribution is 2.47. The third kappa shape index (κ3) is 5.21. The van der Waals surface area contributed by atoms with Crippen molar-refractivity contribution in [2.24, 2.45) is 5.73 Å². The Balaban J connectivity index is 1.40. The topological polar surface area (TPSA) is 138 Å². The van der Waals surface area contributed by atoms with Gasteiger partial charge in [-0.15, -0.1) is 10.2 Å². The number of halogens is 3. The van der Waals surface area contributed by atoms with Gasteiger partial charge < -0.3 is 15.5 Å². The van der Waals surface area contributed by atoms with E-state index in [1.807, 2.05) is 0 Å². The van der Waals surface area contributed by atoms with Crippen molar-refractivity contribution in [2.75, 3.05) is 16.0 Å². The number of nitrogens with one attached hydrogen (secondary N) is 1. The van der Waals surface area contributed by atoms with Gasteiger partial charge in [0.15, 0.2) is 15.9 Å². The number of aryl methyl sites for hydroxylation is 1. The molecule has 3 N–H and O–H groups in total. The average Bonchev–Trinajstić information content (AvgIpc) is 3.53. The molecule has 0 spiro atoms. The standard InChI is InChI=1S/C25H19BrF2N6O3S2/c1-11-5-6-18(37-11)20-13(9-29)23(30)34(16-3-2-4-17(35)21(16)20)24-32-33-25(39-24)38-10-19(36)31-22-14(26)7-12(27)8-15(22)28/h5-8,20H,2-4,10,30H2,1H3,(H,31,36). The summed E-state index contributed by atoms with van der Waals surface area (Å²) in [7, 11) is 0. The van der Waals surface area contributed by atoms with Gasteiger partial charge in [-0.2, -0.15) is 5.26 Å².